The van der Waals surface area contributed by atoms with Crippen molar-refractivity contribution in [3.63, 3.8) is 0 Å². The molecule has 2 atom stereocenters. The molecule has 0 aromatic heterocycles. The second-order valence-corrected chi connectivity index (χ2v) is 5.82. The van der Waals surface area contributed by atoms with Crippen molar-refractivity contribution >= 4 is 21.6 Å². The van der Waals surface area contributed by atoms with Crippen molar-refractivity contribution in [2.75, 3.05) is 18.5 Å². The Bertz CT molecular complexity index is 495. The Morgan fingerprint density at radius 1 is 1.50 bits per heavy atom. The first-order valence-electron chi connectivity index (χ1n) is 6.17. The maximum Gasteiger partial charge on any atom is 0.418 e. The van der Waals surface area contributed by atoms with Gasteiger partial charge in [0.1, 0.15) is 5.60 Å². The minimum atomic E-state index is -4.44. The minimum absolute atomic E-state index is 0.00764. The molecule has 2 N–H and O–H groups in total. The fourth-order valence-corrected chi connectivity index (χ4v) is 2.52. The summed E-state index contributed by atoms with van der Waals surface area (Å²) in [6, 6.07) is 3.70. The van der Waals surface area contributed by atoms with Crippen LogP contribution in [0.5, 0.6) is 0 Å². The molecule has 0 bridgehead atoms. The highest BCUT2D eigenvalue weighted by Gasteiger charge is 2.40. The quantitative estimate of drug-likeness (QED) is 0.874. The summed E-state index contributed by atoms with van der Waals surface area (Å²) in [6.07, 6.45) is -4.45. The Morgan fingerprint density at radius 3 is 2.75 bits per heavy atom. The van der Waals surface area contributed by atoms with E-state index < -0.39 is 23.4 Å². The number of rotatable bonds is 3. The van der Waals surface area contributed by atoms with Crippen LogP contribution in [-0.2, 0) is 10.9 Å². The summed E-state index contributed by atoms with van der Waals surface area (Å²) in [5.41, 5.74) is -1.96. The van der Waals surface area contributed by atoms with E-state index in [1.165, 1.54) is 12.1 Å². The van der Waals surface area contributed by atoms with Crippen molar-refractivity contribution in [3.05, 3.63) is 28.2 Å². The number of anilines is 1. The van der Waals surface area contributed by atoms with E-state index in [4.69, 9.17) is 4.74 Å². The lowest BCUT2D eigenvalue weighted by atomic mass is 9.96. The van der Waals surface area contributed by atoms with Gasteiger partial charge in [0, 0.05) is 29.7 Å². The van der Waals surface area contributed by atoms with Crippen molar-refractivity contribution < 1.29 is 23.0 Å². The molecule has 1 saturated heterocycles. The zero-order valence-corrected chi connectivity index (χ0v) is 12.4. The summed E-state index contributed by atoms with van der Waals surface area (Å²) in [5, 5.41) is 13.0. The lowest BCUT2D eigenvalue weighted by molar-refractivity contribution is -0.137. The third kappa shape index (κ3) is 3.27. The first-order valence-corrected chi connectivity index (χ1v) is 6.96. The second kappa shape index (κ2) is 5.54. The van der Waals surface area contributed by atoms with Gasteiger partial charge < -0.3 is 15.2 Å². The summed E-state index contributed by atoms with van der Waals surface area (Å²) in [7, 11) is 0. The van der Waals surface area contributed by atoms with Crippen LogP contribution in [0.3, 0.4) is 0 Å². The first kappa shape index (κ1) is 15.6. The monoisotopic (exact) mass is 353 g/mol. The van der Waals surface area contributed by atoms with Crippen LogP contribution in [0, 0.1) is 0 Å². The molecular formula is C13H15BrF3NO2. The van der Waals surface area contributed by atoms with Crippen molar-refractivity contribution in [1.29, 1.82) is 0 Å². The summed E-state index contributed by atoms with van der Waals surface area (Å²) >= 11 is 3.15. The van der Waals surface area contributed by atoms with E-state index in [2.05, 4.69) is 21.2 Å². The number of aliphatic hydroxyl groups is 1. The molecule has 112 valence electrons. The molecule has 1 aliphatic rings. The lowest BCUT2D eigenvalue weighted by Gasteiger charge is -2.27. The Kier molecular flexibility index (Phi) is 4.32. The summed E-state index contributed by atoms with van der Waals surface area (Å²) < 4.78 is 44.5. The van der Waals surface area contributed by atoms with Crippen LogP contribution in [0.1, 0.15) is 18.9 Å². The maximum absolute atomic E-state index is 12.9. The predicted octanol–water partition coefficient (Wildman–Crippen LogP) is 3.42. The standard InChI is InChI=1S/C13H15BrF3NO2/c1-8-12(19,4-5-20-8)7-18-11-6-9(14)2-3-10(11)13(15,16)17/h2-3,6,8,18-19H,4-5,7H2,1H3. The van der Waals surface area contributed by atoms with E-state index in [1.807, 2.05) is 0 Å². The zero-order chi connectivity index (χ0) is 15.0. The van der Waals surface area contributed by atoms with Gasteiger partial charge in [0.15, 0.2) is 0 Å². The van der Waals surface area contributed by atoms with Gasteiger partial charge in [-0.2, -0.15) is 13.2 Å². The Labute approximate surface area is 123 Å². The van der Waals surface area contributed by atoms with E-state index in [0.29, 0.717) is 17.5 Å². The minimum Gasteiger partial charge on any atom is -0.385 e. The lowest BCUT2D eigenvalue weighted by Crippen LogP contribution is -2.43. The molecule has 0 amide bonds. The molecule has 7 heteroatoms. The van der Waals surface area contributed by atoms with Gasteiger partial charge in [0.2, 0.25) is 0 Å². The van der Waals surface area contributed by atoms with Crippen molar-refractivity contribution in [2.24, 2.45) is 0 Å². The van der Waals surface area contributed by atoms with E-state index in [-0.39, 0.29) is 12.2 Å². The predicted molar refractivity (Wildman–Crippen MR) is 72.6 cm³/mol. The molecule has 0 spiro atoms. The molecule has 0 radical (unpaired) electrons. The largest absolute Gasteiger partial charge is 0.418 e. The Hall–Kier alpha value is -0.790. The fraction of sp³-hybridized carbons (Fsp3) is 0.538. The topological polar surface area (TPSA) is 41.5 Å². The molecule has 2 unspecified atom stereocenters. The average molecular weight is 354 g/mol. The highest BCUT2D eigenvalue weighted by molar-refractivity contribution is 9.10. The van der Waals surface area contributed by atoms with Gasteiger partial charge in [0.05, 0.1) is 11.7 Å². The molecule has 0 aliphatic carbocycles. The number of benzene rings is 1. The van der Waals surface area contributed by atoms with E-state index >= 15 is 0 Å². The van der Waals surface area contributed by atoms with Crippen LogP contribution < -0.4 is 5.32 Å². The molecule has 0 saturated carbocycles. The third-order valence-electron chi connectivity index (χ3n) is 3.53. The molecule has 2 rings (SSSR count). The van der Waals surface area contributed by atoms with Crippen molar-refractivity contribution in [1.82, 2.24) is 0 Å². The molecule has 1 fully saturated rings. The summed E-state index contributed by atoms with van der Waals surface area (Å²) in [4.78, 5) is 0. The van der Waals surface area contributed by atoms with E-state index in [1.54, 1.807) is 6.92 Å². The van der Waals surface area contributed by atoms with Crippen LogP contribution >= 0.6 is 15.9 Å². The van der Waals surface area contributed by atoms with E-state index in [0.717, 1.165) is 6.07 Å². The Balaban J connectivity index is 2.19. The Morgan fingerprint density at radius 2 is 2.20 bits per heavy atom. The van der Waals surface area contributed by atoms with Gasteiger partial charge in [0.25, 0.3) is 0 Å². The highest BCUT2D eigenvalue weighted by atomic mass is 79.9. The number of nitrogens with one attached hydrogen (secondary N) is 1. The van der Waals surface area contributed by atoms with Crippen LogP contribution in [0.4, 0.5) is 18.9 Å². The highest BCUT2D eigenvalue weighted by Crippen LogP contribution is 2.37. The van der Waals surface area contributed by atoms with E-state index in [9.17, 15) is 18.3 Å². The zero-order valence-electron chi connectivity index (χ0n) is 10.8. The van der Waals surface area contributed by atoms with Crippen LogP contribution in [-0.4, -0.2) is 30.0 Å². The maximum atomic E-state index is 12.9. The first-order chi connectivity index (χ1) is 9.22. The number of alkyl halides is 3. The van der Waals surface area contributed by atoms with Crippen molar-refractivity contribution in [3.8, 4) is 0 Å². The van der Waals surface area contributed by atoms with Gasteiger partial charge in [-0.25, -0.2) is 0 Å². The SMILES string of the molecule is CC1OCCC1(O)CNc1cc(Br)ccc1C(F)(F)F. The van der Waals surface area contributed by atoms with Crippen LogP contribution in [0.15, 0.2) is 22.7 Å². The van der Waals surface area contributed by atoms with Gasteiger partial charge >= 0.3 is 6.18 Å². The molecule has 1 heterocycles. The second-order valence-electron chi connectivity index (χ2n) is 4.91. The molecule has 3 nitrogen and oxygen atoms in total. The summed E-state index contributed by atoms with van der Waals surface area (Å²) in [5.74, 6) is 0. The van der Waals surface area contributed by atoms with Gasteiger partial charge in [-0.1, -0.05) is 15.9 Å². The fourth-order valence-electron chi connectivity index (χ4n) is 2.16. The van der Waals surface area contributed by atoms with Crippen molar-refractivity contribution in [2.45, 2.75) is 31.2 Å². The summed E-state index contributed by atoms with van der Waals surface area (Å²) in [6.45, 7) is 2.12. The molecule has 20 heavy (non-hydrogen) atoms. The number of ether oxygens (including phenoxy) is 1. The molecule has 1 aromatic carbocycles. The van der Waals surface area contributed by atoms with Gasteiger partial charge in [-0.3, -0.25) is 0 Å². The average Bonchev–Trinajstić information content (AvgIpc) is 2.66. The van der Waals surface area contributed by atoms with Crippen LogP contribution in [0.25, 0.3) is 0 Å². The number of hydrogen-bond donors (Lipinski definition) is 2. The number of halogens is 4. The molecule has 1 aromatic rings. The van der Waals surface area contributed by atoms with Gasteiger partial charge in [-0.15, -0.1) is 0 Å². The molecule has 1 aliphatic heterocycles. The smallest absolute Gasteiger partial charge is 0.385 e. The third-order valence-corrected chi connectivity index (χ3v) is 4.02. The normalized spacial score (nSPS) is 26.8. The van der Waals surface area contributed by atoms with Crippen LogP contribution in [0.2, 0.25) is 0 Å². The van der Waals surface area contributed by atoms with Gasteiger partial charge in [-0.05, 0) is 25.1 Å². The molecular weight excluding hydrogens is 339 g/mol. The number of hydrogen-bond acceptors (Lipinski definition) is 3.